The van der Waals surface area contributed by atoms with E-state index < -0.39 is 12.2 Å². The summed E-state index contributed by atoms with van der Waals surface area (Å²) in [5.74, 6) is 0.293. The van der Waals surface area contributed by atoms with Crippen LogP contribution in [-0.2, 0) is 4.79 Å². The molecule has 1 amide bonds. The minimum atomic E-state index is -0.503. The standard InChI is InChI=1S/C17H27FN6O/c1-12(2)11-23-7-9-24(10-8-23)17(25)15-16(21-22-20-15)19-14-6-4-3-5-13(14)18/h3-6,12,15-16,19-22H,7-11H2,1-2H3. The maximum atomic E-state index is 13.8. The molecule has 0 aromatic heterocycles. The highest BCUT2D eigenvalue weighted by Crippen LogP contribution is 2.16. The van der Waals surface area contributed by atoms with E-state index in [0.717, 1.165) is 32.7 Å². The second-order valence-corrected chi connectivity index (χ2v) is 7.01. The Balaban J connectivity index is 1.57. The number of amides is 1. The Hall–Kier alpha value is -1.74. The van der Waals surface area contributed by atoms with E-state index in [1.54, 1.807) is 18.2 Å². The van der Waals surface area contributed by atoms with Crippen LogP contribution in [0.3, 0.4) is 0 Å². The molecule has 1 aromatic rings. The van der Waals surface area contributed by atoms with Gasteiger partial charge in [0.05, 0.1) is 5.69 Å². The van der Waals surface area contributed by atoms with E-state index in [0.29, 0.717) is 11.6 Å². The second-order valence-electron chi connectivity index (χ2n) is 7.01. The first kappa shape index (κ1) is 18.1. The van der Waals surface area contributed by atoms with E-state index in [1.807, 2.05) is 4.90 Å². The zero-order valence-electron chi connectivity index (χ0n) is 14.8. The lowest BCUT2D eigenvalue weighted by atomic mass is 10.1. The van der Waals surface area contributed by atoms with Crippen molar-refractivity contribution < 1.29 is 9.18 Å². The fraction of sp³-hybridized carbons (Fsp3) is 0.588. The van der Waals surface area contributed by atoms with Crippen LogP contribution in [-0.4, -0.2) is 60.6 Å². The van der Waals surface area contributed by atoms with Crippen LogP contribution in [0.1, 0.15) is 13.8 Å². The number of nitrogens with one attached hydrogen (secondary N) is 4. The average molecular weight is 350 g/mol. The van der Waals surface area contributed by atoms with Crippen LogP contribution in [0.5, 0.6) is 0 Å². The average Bonchev–Trinajstić information content (AvgIpc) is 3.05. The van der Waals surface area contributed by atoms with Crippen LogP contribution < -0.4 is 21.7 Å². The maximum Gasteiger partial charge on any atom is 0.244 e. The van der Waals surface area contributed by atoms with Crippen molar-refractivity contribution >= 4 is 11.6 Å². The number of rotatable bonds is 5. The molecule has 2 heterocycles. The third-order valence-corrected chi connectivity index (χ3v) is 4.55. The predicted octanol–water partition coefficient (Wildman–Crippen LogP) is 0.345. The quantitative estimate of drug-likeness (QED) is 0.614. The number of hydrazine groups is 2. The van der Waals surface area contributed by atoms with E-state index in [9.17, 15) is 9.18 Å². The van der Waals surface area contributed by atoms with Crippen LogP contribution in [0.25, 0.3) is 0 Å². The summed E-state index contributed by atoms with van der Waals surface area (Å²) in [6.07, 6.45) is -0.432. The van der Waals surface area contributed by atoms with Gasteiger partial charge in [0.25, 0.3) is 0 Å². The molecule has 2 fully saturated rings. The van der Waals surface area contributed by atoms with E-state index in [-0.39, 0.29) is 11.7 Å². The van der Waals surface area contributed by atoms with Crippen LogP contribution in [0.2, 0.25) is 0 Å². The van der Waals surface area contributed by atoms with Gasteiger partial charge in [-0.25, -0.2) is 15.2 Å². The van der Waals surface area contributed by atoms with Crippen molar-refractivity contribution in [1.29, 1.82) is 0 Å². The van der Waals surface area contributed by atoms with Gasteiger partial charge >= 0.3 is 0 Å². The molecule has 0 radical (unpaired) electrons. The van der Waals surface area contributed by atoms with Gasteiger partial charge in [0, 0.05) is 32.7 Å². The van der Waals surface area contributed by atoms with Crippen molar-refractivity contribution in [3.63, 3.8) is 0 Å². The smallest absolute Gasteiger partial charge is 0.244 e. The second kappa shape index (κ2) is 8.09. The van der Waals surface area contributed by atoms with E-state index in [1.165, 1.54) is 6.07 Å². The van der Waals surface area contributed by atoms with Crippen molar-refractivity contribution in [3.05, 3.63) is 30.1 Å². The number of hydrogen-bond donors (Lipinski definition) is 4. The monoisotopic (exact) mass is 350 g/mol. The lowest BCUT2D eigenvalue weighted by Crippen LogP contribution is -2.57. The molecule has 2 aliphatic heterocycles. The molecule has 3 rings (SSSR count). The third kappa shape index (κ3) is 4.46. The van der Waals surface area contributed by atoms with Crippen molar-refractivity contribution in [3.8, 4) is 0 Å². The Labute approximate surface area is 147 Å². The Morgan fingerprint density at radius 1 is 1.24 bits per heavy atom. The third-order valence-electron chi connectivity index (χ3n) is 4.55. The van der Waals surface area contributed by atoms with Gasteiger partial charge in [-0.1, -0.05) is 26.0 Å². The molecule has 0 saturated carbocycles. The number of piperazine rings is 1. The largest absolute Gasteiger partial charge is 0.365 e. The van der Waals surface area contributed by atoms with Crippen molar-refractivity contribution in [2.45, 2.75) is 26.1 Å². The number of para-hydroxylation sites is 1. The fourth-order valence-electron chi connectivity index (χ4n) is 3.30. The Morgan fingerprint density at radius 3 is 2.64 bits per heavy atom. The van der Waals surface area contributed by atoms with Gasteiger partial charge in [-0.2, -0.15) is 5.53 Å². The normalized spacial score (nSPS) is 24.7. The molecule has 2 aliphatic rings. The van der Waals surface area contributed by atoms with Crippen molar-refractivity contribution in [1.82, 2.24) is 26.2 Å². The van der Waals surface area contributed by atoms with Gasteiger partial charge in [-0.3, -0.25) is 9.69 Å². The minimum Gasteiger partial charge on any atom is -0.365 e. The van der Waals surface area contributed by atoms with Crippen molar-refractivity contribution in [2.24, 2.45) is 5.92 Å². The van der Waals surface area contributed by atoms with E-state index in [4.69, 9.17) is 0 Å². The number of anilines is 1. The summed E-state index contributed by atoms with van der Waals surface area (Å²) in [4.78, 5) is 17.1. The van der Waals surface area contributed by atoms with E-state index >= 15 is 0 Å². The minimum absolute atomic E-state index is 0.00976. The summed E-state index contributed by atoms with van der Waals surface area (Å²) < 4.78 is 13.8. The molecule has 2 saturated heterocycles. The molecular weight excluding hydrogens is 323 g/mol. The number of carbonyl (C=O) groups is 1. The van der Waals surface area contributed by atoms with Crippen LogP contribution in [0.4, 0.5) is 10.1 Å². The van der Waals surface area contributed by atoms with Crippen LogP contribution in [0, 0.1) is 11.7 Å². The summed E-state index contributed by atoms with van der Waals surface area (Å²) in [5, 5.41) is 3.05. The lowest BCUT2D eigenvalue weighted by molar-refractivity contribution is -0.135. The number of hydrogen-bond acceptors (Lipinski definition) is 6. The number of benzene rings is 1. The highest BCUT2D eigenvalue weighted by molar-refractivity contribution is 5.83. The van der Waals surface area contributed by atoms with Gasteiger partial charge in [0.15, 0.2) is 0 Å². The molecule has 25 heavy (non-hydrogen) atoms. The van der Waals surface area contributed by atoms with Gasteiger partial charge in [0.1, 0.15) is 18.0 Å². The van der Waals surface area contributed by atoms with Crippen molar-refractivity contribution in [2.75, 3.05) is 38.0 Å². The predicted molar refractivity (Wildman–Crippen MR) is 94.9 cm³/mol. The molecule has 2 unspecified atom stereocenters. The summed E-state index contributed by atoms with van der Waals surface area (Å²) in [6, 6.07) is 5.94. The molecule has 138 valence electrons. The molecule has 0 spiro atoms. The van der Waals surface area contributed by atoms with E-state index in [2.05, 4.69) is 40.5 Å². The molecule has 7 nitrogen and oxygen atoms in total. The Kier molecular flexibility index (Phi) is 5.85. The number of nitrogens with zero attached hydrogens (tertiary/aromatic N) is 2. The maximum absolute atomic E-state index is 13.8. The van der Waals surface area contributed by atoms with Gasteiger partial charge in [-0.05, 0) is 18.1 Å². The molecule has 1 aromatic carbocycles. The summed E-state index contributed by atoms with van der Waals surface area (Å²) in [5.41, 5.74) is 9.02. The molecular formula is C17H27FN6O. The number of carbonyl (C=O) groups excluding carboxylic acids is 1. The van der Waals surface area contributed by atoms with Gasteiger partial charge in [0.2, 0.25) is 5.91 Å². The highest BCUT2D eigenvalue weighted by atomic mass is 19.1. The SMILES string of the molecule is CC(C)CN1CCN(C(=O)C2NNNC2Nc2ccccc2F)CC1. The lowest BCUT2D eigenvalue weighted by Gasteiger charge is -2.37. The Bertz CT molecular complexity index is 590. The zero-order chi connectivity index (χ0) is 17.8. The highest BCUT2D eigenvalue weighted by Gasteiger charge is 2.36. The summed E-state index contributed by atoms with van der Waals surface area (Å²) >= 11 is 0. The summed E-state index contributed by atoms with van der Waals surface area (Å²) in [7, 11) is 0. The zero-order valence-corrected chi connectivity index (χ0v) is 14.8. The topological polar surface area (TPSA) is 71.7 Å². The first-order valence-corrected chi connectivity index (χ1v) is 8.83. The molecule has 8 heteroatoms. The van der Waals surface area contributed by atoms with Gasteiger partial charge in [-0.15, -0.1) is 0 Å². The van der Waals surface area contributed by atoms with Gasteiger partial charge < -0.3 is 10.2 Å². The van der Waals surface area contributed by atoms with Crippen LogP contribution in [0.15, 0.2) is 24.3 Å². The molecule has 0 aliphatic carbocycles. The molecule has 0 bridgehead atoms. The first-order valence-electron chi connectivity index (χ1n) is 8.83. The van der Waals surface area contributed by atoms with Crippen LogP contribution >= 0.6 is 0 Å². The summed E-state index contributed by atoms with van der Waals surface area (Å²) in [6.45, 7) is 8.69. The first-order chi connectivity index (χ1) is 12.0. The molecule has 2 atom stereocenters. The number of halogens is 1. The molecule has 4 N–H and O–H groups in total. The Morgan fingerprint density at radius 2 is 1.96 bits per heavy atom. The fourth-order valence-corrected chi connectivity index (χ4v) is 3.30.